The summed E-state index contributed by atoms with van der Waals surface area (Å²) in [5.74, 6) is -0.209. The van der Waals surface area contributed by atoms with Gasteiger partial charge in [0.1, 0.15) is 6.07 Å². The lowest BCUT2D eigenvalue weighted by Crippen LogP contribution is -2.17. The maximum atomic E-state index is 12.7. The Labute approximate surface area is 149 Å². The average Bonchev–Trinajstić information content (AvgIpc) is 2.60. The summed E-state index contributed by atoms with van der Waals surface area (Å²) in [6.07, 6.45) is -4.49. The van der Waals surface area contributed by atoms with Gasteiger partial charge in [-0.2, -0.15) is 18.4 Å². The number of benzene rings is 2. The first-order valence-electron chi connectivity index (χ1n) is 7.95. The minimum atomic E-state index is -4.49. The van der Waals surface area contributed by atoms with Crippen molar-refractivity contribution in [3.63, 3.8) is 0 Å². The number of nitrogens with zero attached hydrogens (tertiary/aromatic N) is 1. The molecule has 2 aromatic rings. The molecule has 7 heteroatoms. The minimum Gasteiger partial charge on any atom is -0.380 e. The number of carbonyl (C=O) groups excluding carboxylic acids is 1. The molecule has 1 amide bonds. The Morgan fingerprint density at radius 3 is 2.35 bits per heavy atom. The molecule has 136 valence electrons. The Bertz CT molecular complexity index is 821. The maximum absolute atomic E-state index is 12.7. The van der Waals surface area contributed by atoms with Crippen LogP contribution in [-0.2, 0) is 17.5 Å². The number of hydrogen-bond donors (Lipinski definition) is 2. The molecule has 0 aromatic heterocycles. The third kappa shape index (κ3) is 4.99. The fraction of sp³-hybridized carbons (Fsp3) is 0.263. The van der Waals surface area contributed by atoms with Crippen LogP contribution in [0.5, 0.6) is 0 Å². The van der Waals surface area contributed by atoms with Crippen LogP contribution in [0, 0.1) is 17.2 Å². The summed E-state index contributed by atoms with van der Waals surface area (Å²) in [7, 11) is 0. The summed E-state index contributed by atoms with van der Waals surface area (Å²) >= 11 is 0. The molecule has 0 saturated heterocycles. The zero-order chi connectivity index (χ0) is 19.3. The lowest BCUT2D eigenvalue weighted by molar-refractivity contribution is -0.137. The van der Waals surface area contributed by atoms with Crippen LogP contribution in [0.15, 0.2) is 42.5 Å². The van der Waals surface area contributed by atoms with Crippen LogP contribution in [0.3, 0.4) is 0 Å². The van der Waals surface area contributed by atoms with Gasteiger partial charge in [-0.25, -0.2) is 0 Å². The zero-order valence-corrected chi connectivity index (χ0v) is 14.3. The summed E-state index contributed by atoms with van der Waals surface area (Å²) in [6, 6.07) is 11.9. The van der Waals surface area contributed by atoms with Crippen molar-refractivity contribution in [2.24, 2.45) is 5.92 Å². The smallest absolute Gasteiger partial charge is 0.380 e. The Hall–Kier alpha value is -3.01. The number of alkyl halides is 3. The molecule has 0 radical (unpaired) electrons. The average molecular weight is 361 g/mol. The van der Waals surface area contributed by atoms with Crippen LogP contribution < -0.4 is 10.6 Å². The Morgan fingerprint density at radius 1 is 1.15 bits per heavy atom. The predicted molar refractivity (Wildman–Crippen MR) is 93.4 cm³/mol. The van der Waals surface area contributed by atoms with Crippen molar-refractivity contribution in [2.75, 3.05) is 10.6 Å². The van der Waals surface area contributed by atoms with E-state index in [1.807, 2.05) is 0 Å². The highest BCUT2D eigenvalue weighted by Crippen LogP contribution is 2.31. The molecule has 0 heterocycles. The van der Waals surface area contributed by atoms with E-state index < -0.39 is 11.7 Å². The number of nitriles is 1. The van der Waals surface area contributed by atoms with Crippen LogP contribution in [0.1, 0.15) is 30.5 Å². The lowest BCUT2D eigenvalue weighted by atomic mass is 10.1. The van der Waals surface area contributed by atoms with Gasteiger partial charge in [0.25, 0.3) is 0 Å². The fourth-order valence-corrected chi connectivity index (χ4v) is 2.16. The molecule has 0 fully saturated rings. The second-order valence-electron chi connectivity index (χ2n) is 6.06. The molecule has 2 aromatic carbocycles. The standard InChI is InChI=1S/C19H18F3N3O/c1-12(2)18(26)25-16-6-3-13(4-7-16)11-24-17-8-5-15(19(20,21)22)9-14(17)10-23/h3-9,12,24H,11H2,1-2H3,(H,25,26). The van der Waals surface area contributed by atoms with Gasteiger partial charge in [0, 0.05) is 18.2 Å². The van der Waals surface area contributed by atoms with E-state index in [1.165, 1.54) is 6.07 Å². The van der Waals surface area contributed by atoms with Crippen LogP contribution in [0.2, 0.25) is 0 Å². The summed E-state index contributed by atoms with van der Waals surface area (Å²) < 4.78 is 38.1. The van der Waals surface area contributed by atoms with Gasteiger partial charge in [0.15, 0.2) is 0 Å². The maximum Gasteiger partial charge on any atom is 0.416 e. The number of nitrogens with one attached hydrogen (secondary N) is 2. The van der Waals surface area contributed by atoms with E-state index in [2.05, 4.69) is 10.6 Å². The number of anilines is 2. The van der Waals surface area contributed by atoms with Gasteiger partial charge >= 0.3 is 6.18 Å². The summed E-state index contributed by atoms with van der Waals surface area (Å²) in [5, 5.41) is 14.8. The van der Waals surface area contributed by atoms with E-state index in [4.69, 9.17) is 5.26 Å². The summed E-state index contributed by atoms with van der Waals surface area (Å²) in [6.45, 7) is 3.92. The SMILES string of the molecule is CC(C)C(=O)Nc1ccc(CNc2ccc(C(F)(F)F)cc2C#N)cc1. The molecule has 0 saturated carbocycles. The van der Waals surface area contributed by atoms with Gasteiger partial charge in [-0.15, -0.1) is 0 Å². The second kappa shape index (κ2) is 7.91. The van der Waals surface area contributed by atoms with Gasteiger partial charge in [0.05, 0.1) is 16.8 Å². The van der Waals surface area contributed by atoms with Gasteiger partial charge in [-0.1, -0.05) is 26.0 Å². The van der Waals surface area contributed by atoms with Crippen molar-refractivity contribution in [2.45, 2.75) is 26.6 Å². The number of hydrogen-bond acceptors (Lipinski definition) is 3. The third-order valence-corrected chi connectivity index (χ3v) is 3.70. The van der Waals surface area contributed by atoms with Crippen molar-refractivity contribution in [1.29, 1.82) is 5.26 Å². The zero-order valence-electron chi connectivity index (χ0n) is 14.3. The molecule has 2 N–H and O–H groups in total. The largest absolute Gasteiger partial charge is 0.416 e. The molecule has 4 nitrogen and oxygen atoms in total. The van der Waals surface area contributed by atoms with Gasteiger partial charge in [0.2, 0.25) is 5.91 Å². The van der Waals surface area contributed by atoms with Crippen LogP contribution in [0.25, 0.3) is 0 Å². The molecule has 0 spiro atoms. The Kier molecular flexibility index (Phi) is 5.88. The van der Waals surface area contributed by atoms with Crippen molar-refractivity contribution >= 4 is 17.3 Å². The number of carbonyl (C=O) groups is 1. The highest BCUT2D eigenvalue weighted by Gasteiger charge is 2.31. The van der Waals surface area contributed by atoms with E-state index in [0.717, 1.165) is 17.7 Å². The molecular weight excluding hydrogens is 343 g/mol. The molecule has 0 unspecified atom stereocenters. The third-order valence-electron chi connectivity index (χ3n) is 3.70. The summed E-state index contributed by atoms with van der Waals surface area (Å²) in [5.41, 5.74) is 0.930. The molecule has 0 aliphatic rings. The molecule has 0 atom stereocenters. The van der Waals surface area contributed by atoms with Gasteiger partial charge in [-0.3, -0.25) is 4.79 Å². The highest BCUT2D eigenvalue weighted by atomic mass is 19.4. The van der Waals surface area contributed by atoms with E-state index in [0.29, 0.717) is 17.9 Å². The molecular formula is C19H18F3N3O. The van der Waals surface area contributed by atoms with E-state index in [9.17, 15) is 18.0 Å². The monoisotopic (exact) mass is 361 g/mol. The van der Waals surface area contributed by atoms with E-state index in [1.54, 1.807) is 44.2 Å². The molecule has 0 bridgehead atoms. The van der Waals surface area contributed by atoms with Crippen molar-refractivity contribution in [3.8, 4) is 6.07 Å². The lowest BCUT2D eigenvalue weighted by Gasteiger charge is -2.12. The normalized spacial score (nSPS) is 11.1. The first-order valence-corrected chi connectivity index (χ1v) is 7.95. The van der Waals surface area contributed by atoms with Crippen molar-refractivity contribution in [3.05, 3.63) is 59.2 Å². The van der Waals surface area contributed by atoms with E-state index in [-0.39, 0.29) is 17.4 Å². The van der Waals surface area contributed by atoms with Crippen LogP contribution >= 0.6 is 0 Å². The van der Waals surface area contributed by atoms with E-state index >= 15 is 0 Å². The Morgan fingerprint density at radius 2 is 1.81 bits per heavy atom. The van der Waals surface area contributed by atoms with Crippen LogP contribution in [-0.4, -0.2) is 5.91 Å². The number of rotatable bonds is 5. The highest BCUT2D eigenvalue weighted by molar-refractivity contribution is 5.92. The minimum absolute atomic E-state index is 0.0689. The van der Waals surface area contributed by atoms with Gasteiger partial charge in [-0.05, 0) is 35.9 Å². The quantitative estimate of drug-likeness (QED) is 0.805. The molecule has 0 aliphatic carbocycles. The van der Waals surface area contributed by atoms with Crippen molar-refractivity contribution < 1.29 is 18.0 Å². The second-order valence-corrected chi connectivity index (χ2v) is 6.06. The fourth-order valence-electron chi connectivity index (χ4n) is 2.16. The molecule has 0 aliphatic heterocycles. The topological polar surface area (TPSA) is 64.9 Å². The first-order chi connectivity index (χ1) is 12.2. The Balaban J connectivity index is 2.05. The van der Waals surface area contributed by atoms with Crippen molar-refractivity contribution in [1.82, 2.24) is 0 Å². The first kappa shape index (κ1) is 19.3. The predicted octanol–water partition coefficient (Wildman–Crippen LogP) is 4.78. The van der Waals surface area contributed by atoms with Crippen LogP contribution in [0.4, 0.5) is 24.5 Å². The van der Waals surface area contributed by atoms with Gasteiger partial charge < -0.3 is 10.6 Å². The molecule has 2 rings (SSSR count). The number of amides is 1. The summed E-state index contributed by atoms with van der Waals surface area (Å²) in [4.78, 5) is 11.6. The molecule has 26 heavy (non-hydrogen) atoms. The number of halogens is 3.